The van der Waals surface area contributed by atoms with Crippen molar-refractivity contribution in [3.63, 3.8) is 0 Å². The number of nitrogens with one attached hydrogen (secondary N) is 1. The normalized spacial score (nSPS) is 46.9. The van der Waals surface area contributed by atoms with Gasteiger partial charge in [0.05, 0.1) is 11.5 Å². The maximum Gasteiger partial charge on any atom is 0.153 e. The Hall–Kier alpha value is -0.0900. The standard InChI is InChI=1S/C9H15NO2S/c11-13(12)4-7(5-13)10-9-2-1-6-3-8(6)9/h6-10H,1-5H2/t6-,8+,9?/m1/s1. The fraction of sp³-hybridized carbons (Fsp3) is 1.00. The Kier molecular flexibility index (Phi) is 1.57. The van der Waals surface area contributed by atoms with Crippen LogP contribution in [0.4, 0.5) is 0 Å². The molecule has 1 unspecified atom stereocenters. The molecule has 1 aliphatic heterocycles. The lowest BCUT2D eigenvalue weighted by atomic mass is 10.1. The predicted octanol–water partition coefficient (Wildman–Crippen LogP) is 0.171. The smallest absolute Gasteiger partial charge is 0.153 e. The molecule has 3 rings (SSSR count). The molecular formula is C9H15NO2S. The van der Waals surface area contributed by atoms with E-state index in [0.717, 1.165) is 11.8 Å². The summed E-state index contributed by atoms with van der Waals surface area (Å²) in [7, 11) is -2.64. The van der Waals surface area contributed by atoms with Gasteiger partial charge in [0.15, 0.2) is 9.84 Å². The molecule has 3 fully saturated rings. The summed E-state index contributed by atoms with van der Waals surface area (Å²) in [6.45, 7) is 0. The van der Waals surface area contributed by atoms with Gasteiger partial charge < -0.3 is 5.32 Å². The van der Waals surface area contributed by atoms with E-state index in [0.29, 0.717) is 17.5 Å². The van der Waals surface area contributed by atoms with Gasteiger partial charge in [-0.15, -0.1) is 0 Å². The molecule has 3 atom stereocenters. The average Bonchev–Trinajstić information content (AvgIpc) is 2.66. The lowest BCUT2D eigenvalue weighted by Crippen LogP contribution is -2.54. The quantitative estimate of drug-likeness (QED) is 0.693. The first-order valence-electron chi connectivity index (χ1n) is 5.10. The molecule has 2 saturated carbocycles. The number of fused-ring (bicyclic) bond motifs is 1. The lowest BCUT2D eigenvalue weighted by Gasteiger charge is -2.30. The second-order valence-electron chi connectivity index (χ2n) is 4.78. The molecular weight excluding hydrogens is 186 g/mol. The molecule has 74 valence electrons. The summed E-state index contributed by atoms with van der Waals surface area (Å²) in [5.41, 5.74) is 0. The van der Waals surface area contributed by atoms with Gasteiger partial charge >= 0.3 is 0 Å². The van der Waals surface area contributed by atoms with Crippen LogP contribution < -0.4 is 5.32 Å². The van der Waals surface area contributed by atoms with E-state index in [-0.39, 0.29) is 6.04 Å². The molecule has 0 spiro atoms. The third-order valence-corrected chi connectivity index (χ3v) is 5.52. The number of hydrogen-bond donors (Lipinski definition) is 1. The van der Waals surface area contributed by atoms with Gasteiger partial charge in [-0.25, -0.2) is 8.42 Å². The molecule has 2 aliphatic carbocycles. The predicted molar refractivity (Wildman–Crippen MR) is 50.2 cm³/mol. The van der Waals surface area contributed by atoms with E-state index in [1.807, 2.05) is 0 Å². The van der Waals surface area contributed by atoms with Crippen LogP contribution >= 0.6 is 0 Å². The highest BCUT2D eigenvalue weighted by molar-refractivity contribution is 7.92. The summed E-state index contributed by atoms with van der Waals surface area (Å²) in [5, 5.41) is 3.48. The zero-order valence-corrected chi connectivity index (χ0v) is 8.39. The molecule has 0 amide bonds. The van der Waals surface area contributed by atoms with Crippen LogP contribution in [0.15, 0.2) is 0 Å². The van der Waals surface area contributed by atoms with Crippen LogP contribution in [0.3, 0.4) is 0 Å². The molecule has 3 nitrogen and oxygen atoms in total. The van der Waals surface area contributed by atoms with Crippen molar-refractivity contribution in [1.29, 1.82) is 0 Å². The van der Waals surface area contributed by atoms with E-state index in [4.69, 9.17) is 0 Å². The van der Waals surface area contributed by atoms with Crippen molar-refractivity contribution in [2.45, 2.75) is 31.3 Å². The van der Waals surface area contributed by atoms with Crippen LogP contribution in [0.1, 0.15) is 19.3 Å². The SMILES string of the molecule is O=S1(=O)CC(NC2CC[C@@H]3C[C@H]23)C1. The molecule has 0 aromatic carbocycles. The van der Waals surface area contributed by atoms with Crippen molar-refractivity contribution in [3.8, 4) is 0 Å². The minimum absolute atomic E-state index is 0.273. The first-order chi connectivity index (χ1) is 6.14. The summed E-state index contributed by atoms with van der Waals surface area (Å²) in [6, 6.07) is 0.917. The van der Waals surface area contributed by atoms with Gasteiger partial charge in [-0.3, -0.25) is 0 Å². The van der Waals surface area contributed by atoms with Crippen molar-refractivity contribution < 1.29 is 8.42 Å². The molecule has 1 N–H and O–H groups in total. The zero-order valence-electron chi connectivity index (χ0n) is 7.57. The summed E-state index contributed by atoms with van der Waals surface area (Å²) in [6.07, 6.45) is 4.02. The van der Waals surface area contributed by atoms with E-state index in [1.54, 1.807) is 0 Å². The number of hydrogen-bond acceptors (Lipinski definition) is 3. The Morgan fingerprint density at radius 1 is 1.15 bits per heavy atom. The summed E-state index contributed by atoms with van der Waals surface area (Å²) >= 11 is 0. The summed E-state index contributed by atoms with van der Waals surface area (Å²) in [4.78, 5) is 0. The van der Waals surface area contributed by atoms with Gasteiger partial charge in [0.2, 0.25) is 0 Å². The minimum Gasteiger partial charge on any atom is -0.309 e. The average molecular weight is 201 g/mol. The summed E-state index contributed by atoms with van der Waals surface area (Å²) in [5.74, 6) is 2.62. The molecule has 0 bridgehead atoms. The van der Waals surface area contributed by atoms with Gasteiger partial charge in [0.25, 0.3) is 0 Å². The van der Waals surface area contributed by atoms with Crippen LogP contribution in [-0.4, -0.2) is 32.0 Å². The van der Waals surface area contributed by atoms with Crippen molar-refractivity contribution in [1.82, 2.24) is 5.32 Å². The van der Waals surface area contributed by atoms with Gasteiger partial charge in [-0.2, -0.15) is 0 Å². The molecule has 1 saturated heterocycles. The van der Waals surface area contributed by atoms with E-state index in [9.17, 15) is 8.42 Å². The van der Waals surface area contributed by atoms with Crippen molar-refractivity contribution >= 4 is 9.84 Å². The molecule has 1 heterocycles. The lowest BCUT2D eigenvalue weighted by molar-refractivity contribution is 0.415. The fourth-order valence-electron chi connectivity index (χ4n) is 2.87. The number of sulfone groups is 1. The highest BCUT2D eigenvalue weighted by Crippen LogP contribution is 2.51. The van der Waals surface area contributed by atoms with E-state index >= 15 is 0 Å². The van der Waals surface area contributed by atoms with Crippen LogP contribution in [0.25, 0.3) is 0 Å². The highest BCUT2D eigenvalue weighted by Gasteiger charge is 2.49. The van der Waals surface area contributed by atoms with E-state index < -0.39 is 9.84 Å². The Bertz CT molecular complexity index is 313. The van der Waals surface area contributed by atoms with Crippen molar-refractivity contribution in [2.75, 3.05) is 11.5 Å². The Balaban J connectivity index is 1.54. The highest BCUT2D eigenvalue weighted by atomic mass is 32.2. The zero-order chi connectivity index (χ0) is 9.05. The Morgan fingerprint density at radius 2 is 1.92 bits per heavy atom. The van der Waals surface area contributed by atoms with Gasteiger partial charge in [-0.1, -0.05) is 0 Å². The van der Waals surface area contributed by atoms with Gasteiger partial charge in [0.1, 0.15) is 0 Å². The molecule has 3 aliphatic rings. The third kappa shape index (κ3) is 1.40. The maximum absolute atomic E-state index is 10.9. The largest absolute Gasteiger partial charge is 0.309 e. The molecule has 0 aromatic heterocycles. The van der Waals surface area contributed by atoms with E-state index in [2.05, 4.69) is 5.32 Å². The van der Waals surface area contributed by atoms with Crippen molar-refractivity contribution in [2.24, 2.45) is 11.8 Å². The third-order valence-electron chi connectivity index (χ3n) is 3.70. The van der Waals surface area contributed by atoms with Gasteiger partial charge in [-0.05, 0) is 31.1 Å². The van der Waals surface area contributed by atoms with Crippen LogP contribution in [0.5, 0.6) is 0 Å². The molecule has 13 heavy (non-hydrogen) atoms. The van der Waals surface area contributed by atoms with Gasteiger partial charge in [0, 0.05) is 12.1 Å². The topological polar surface area (TPSA) is 46.2 Å². The molecule has 0 radical (unpaired) electrons. The summed E-state index contributed by atoms with van der Waals surface area (Å²) < 4.78 is 21.8. The fourth-order valence-corrected chi connectivity index (χ4v) is 4.19. The van der Waals surface area contributed by atoms with Crippen LogP contribution in [0, 0.1) is 11.8 Å². The van der Waals surface area contributed by atoms with E-state index in [1.165, 1.54) is 19.3 Å². The second kappa shape index (κ2) is 2.48. The van der Waals surface area contributed by atoms with Crippen LogP contribution in [-0.2, 0) is 9.84 Å². The Morgan fingerprint density at radius 3 is 2.38 bits per heavy atom. The first kappa shape index (κ1) is 8.24. The Labute approximate surface area is 78.8 Å². The second-order valence-corrected chi connectivity index (χ2v) is 6.94. The monoisotopic (exact) mass is 201 g/mol. The molecule has 4 heteroatoms. The number of rotatable bonds is 2. The first-order valence-corrected chi connectivity index (χ1v) is 6.93. The van der Waals surface area contributed by atoms with Crippen LogP contribution in [0.2, 0.25) is 0 Å². The van der Waals surface area contributed by atoms with Crippen molar-refractivity contribution in [3.05, 3.63) is 0 Å². The maximum atomic E-state index is 10.9. The minimum atomic E-state index is -2.64. The molecule has 0 aromatic rings.